The lowest BCUT2D eigenvalue weighted by Crippen LogP contribution is -2.33. The lowest BCUT2D eigenvalue weighted by Gasteiger charge is -2.19. The number of ketones is 1. The number of nitrogens with zero attached hydrogens (tertiary/aromatic N) is 3. The molecule has 0 aliphatic carbocycles. The van der Waals surface area contributed by atoms with Crippen molar-refractivity contribution in [3.63, 3.8) is 0 Å². The third kappa shape index (κ3) is 5.11. The molecule has 28 heavy (non-hydrogen) atoms. The van der Waals surface area contributed by atoms with Gasteiger partial charge in [-0.25, -0.2) is 0 Å². The number of thiophene rings is 1. The summed E-state index contributed by atoms with van der Waals surface area (Å²) in [5, 5.41) is 13.0. The first-order valence-corrected chi connectivity index (χ1v) is 9.93. The Bertz CT molecular complexity index is 937. The number of hydrogen-bond acceptors (Lipinski definition) is 7. The Morgan fingerprint density at radius 3 is 2.71 bits per heavy atom. The second-order valence-electron chi connectivity index (χ2n) is 6.34. The van der Waals surface area contributed by atoms with Crippen LogP contribution in [0, 0.1) is 0 Å². The smallest absolute Gasteiger partial charge is 0.257 e. The van der Waals surface area contributed by atoms with Crippen LogP contribution in [0.15, 0.2) is 46.2 Å². The van der Waals surface area contributed by atoms with Gasteiger partial charge in [-0.2, -0.15) is 0 Å². The number of para-hydroxylation sites is 1. The molecule has 3 rings (SSSR count). The van der Waals surface area contributed by atoms with E-state index in [1.54, 1.807) is 24.3 Å². The lowest BCUT2D eigenvalue weighted by atomic mass is 10.1. The molecule has 1 N–H and O–H groups in total. The molecule has 0 saturated heterocycles. The van der Waals surface area contributed by atoms with E-state index in [0.717, 1.165) is 11.3 Å². The second-order valence-corrected chi connectivity index (χ2v) is 7.29. The van der Waals surface area contributed by atoms with Crippen molar-refractivity contribution in [2.45, 2.75) is 26.8 Å². The van der Waals surface area contributed by atoms with Crippen molar-refractivity contribution in [2.24, 2.45) is 0 Å². The predicted octanol–water partition coefficient (Wildman–Crippen LogP) is 3.85. The zero-order valence-corrected chi connectivity index (χ0v) is 16.7. The van der Waals surface area contributed by atoms with Crippen molar-refractivity contribution >= 4 is 28.7 Å². The summed E-state index contributed by atoms with van der Waals surface area (Å²) in [6.45, 7) is 4.78. The summed E-state index contributed by atoms with van der Waals surface area (Å²) in [5.74, 6) is 0.670. The molecule has 0 spiro atoms. The summed E-state index contributed by atoms with van der Waals surface area (Å²) in [6, 6.07) is 10.8. The topological polar surface area (TPSA) is 88.3 Å². The predicted molar refractivity (Wildman–Crippen MR) is 108 cm³/mol. The van der Waals surface area contributed by atoms with Crippen LogP contribution in [-0.4, -0.2) is 39.9 Å². The first-order chi connectivity index (χ1) is 13.6. The van der Waals surface area contributed by atoms with Crippen LogP contribution in [0.4, 0.5) is 5.69 Å². The summed E-state index contributed by atoms with van der Waals surface area (Å²) in [6.07, 6.45) is 0.878. The SMILES string of the molecule is CCCN(CC(=O)Nc1ccccc1C(C)=O)Cc1nnc(-c2cccs2)o1. The van der Waals surface area contributed by atoms with E-state index in [2.05, 4.69) is 15.5 Å². The van der Waals surface area contributed by atoms with E-state index in [-0.39, 0.29) is 18.2 Å². The average molecular weight is 398 g/mol. The molecule has 2 heterocycles. The van der Waals surface area contributed by atoms with E-state index in [0.29, 0.717) is 36.1 Å². The van der Waals surface area contributed by atoms with Crippen molar-refractivity contribution in [3.05, 3.63) is 53.2 Å². The van der Waals surface area contributed by atoms with Crippen molar-refractivity contribution in [1.82, 2.24) is 15.1 Å². The fourth-order valence-electron chi connectivity index (χ4n) is 2.83. The van der Waals surface area contributed by atoms with Crippen LogP contribution in [0.2, 0.25) is 0 Å². The molecule has 0 aliphatic heterocycles. The number of amides is 1. The molecule has 1 aromatic carbocycles. The number of rotatable bonds is 9. The van der Waals surface area contributed by atoms with E-state index in [1.807, 2.05) is 29.3 Å². The standard InChI is InChI=1S/C20H22N4O3S/c1-3-10-24(13-19-22-23-20(27-19)17-9-6-11-28-17)12-18(26)21-16-8-5-4-7-15(16)14(2)25/h4-9,11H,3,10,12-13H2,1-2H3,(H,21,26). The Morgan fingerprint density at radius 2 is 2.00 bits per heavy atom. The molecular formula is C20H22N4O3S. The van der Waals surface area contributed by atoms with Crippen LogP contribution >= 0.6 is 11.3 Å². The molecule has 2 aromatic heterocycles. The molecule has 0 bridgehead atoms. The van der Waals surface area contributed by atoms with Gasteiger partial charge in [0.05, 0.1) is 23.7 Å². The largest absolute Gasteiger partial charge is 0.419 e. The van der Waals surface area contributed by atoms with Gasteiger partial charge in [0.1, 0.15) is 0 Å². The van der Waals surface area contributed by atoms with Gasteiger partial charge in [0.2, 0.25) is 11.8 Å². The second kappa shape index (κ2) is 9.38. The Balaban J connectivity index is 1.64. The maximum atomic E-state index is 12.5. The van der Waals surface area contributed by atoms with Gasteiger partial charge in [-0.1, -0.05) is 25.1 Å². The number of benzene rings is 1. The Kier molecular flexibility index (Phi) is 6.67. The molecular weight excluding hydrogens is 376 g/mol. The molecule has 7 nitrogen and oxygen atoms in total. The van der Waals surface area contributed by atoms with Gasteiger partial charge in [-0.3, -0.25) is 14.5 Å². The molecule has 0 fully saturated rings. The summed E-state index contributed by atoms with van der Waals surface area (Å²) in [5.41, 5.74) is 1.02. The molecule has 0 aliphatic rings. The average Bonchev–Trinajstić information content (AvgIpc) is 3.33. The van der Waals surface area contributed by atoms with Gasteiger partial charge >= 0.3 is 0 Å². The van der Waals surface area contributed by atoms with Crippen molar-refractivity contribution in [3.8, 4) is 10.8 Å². The summed E-state index contributed by atoms with van der Waals surface area (Å²) in [4.78, 5) is 27.1. The number of aromatic nitrogens is 2. The zero-order chi connectivity index (χ0) is 19.9. The highest BCUT2D eigenvalue weighted by molar-refractivity contribution is 7.13. The first-order valence-electron chi connectivity index (χ1n) is 9.05. The number of anilines is 1. The summed E-state index contributed by atoms with van der Waals surface area (Å²) in [7, 11) is 0. The molecule has 3 aromatic rings. The molecule has 0 saturated carbocycles. The van der Waals surface area contributed by atoms with Crippen LogP contribution < -0.4 is 5.32 Å². The fraction of sp³-hybridized carbons (Fsp3) is 0.300. The van der Waals surface area contributed by atoms with Crippen LogP contribution in [0.3, 0.4) is 0 Å². The highest BCUT2D eigenvalue weighted by Crippen LogP contribution is 2.23. The molecule has 1 amide bonds. The van der Waals surface area contributed by atoms with Crippen LogP contribution in [0.5, 0.6) is 0 Å². The van der Waals surface area contributed by atoms with E-state index >= 15 is 0 Å². The highest BCUT2D eigenvalue weighted by atomic mass is 32.1. The molecule has 8 heteroatoms. The minimum Gasteiger partial charge on any atom is -0.419 e. The fourth-order valence-corrected chi connectivity index (χ4v) is 3.47. The Labute approximate surface area is 167 Å². The highest BCUT2D eigenvalue weighted by Gasteiger charge is 2.17. The summed E-state index contributed by atoms with van der Waals surface area (Å²) < 4.78 is 5.73. The molecule has 0 radical (unpaired) electrons. The number of hydrogen-bond donors (Lipinski definition) is 1. The first kappa shape index (κ1) is 19.9. The van der Waals surface area contributed by atoms with Crippen molar-refractivity contribution in [2.75, 3.05) is 18.4 Å². The number of carbonyl (C=O) groups excluding carboxylic acids is 2. The monoisotopic (exact) mass is 398 g/mol. The number of carbonyl (C=O) groups is 2. The van der Waals surface area contributed by atoms with E-state index in [4.69, 9.17) is 4.42 Å². The van der Waals surface area contributed by atoms with Gasteiger partial charge in [-0.05, 0) is 43.5 Å². The van der Waals surface area contributed by atoms with Gasteiger partial charge in [-0.15, -0.1) is 21.5 Å². The number of Topliss-reactive ketones (excluding diaryl/α,β-unsaturated/α-hetero) is 1. The minimum atomic E-state index is -0.194. The molecule has 0 atom stereocenters. The quantitative estimate of drug-likeness (QED) is 0.551. The van der Waals surface area contributed by atoms with Crippen LogP contribution in [0.1, 0.15) is 36.5 Å². The van der Waals surface area contributed by atoms with Crippen LogP contribution in [0.25, 0.3) is 10.8 Å². The van der Waals surface area contributed by atoms with Crippen molar-refractivity contribution < 1.29 is 14.0 Å². The van der Waals surface area contributed by atoms with E-state index < -0.39 is 0 Å². The van der Waals surface area contributed by atoms with Gasteiger partial charge in [0.15, 0.2) is 5.78 Å². The van der Waals surface area contributed by atoms with Gasteiger partial charge < -0.3 is 9.73 Å². The molecule has 0 unspecified atom stereocenters. The normalized spacial score (nSPS) is 11.0. The Hall–Kier alpha value is -2.84. The van der Waals surface area contributed by atoms with Crippen LogP contribution in [-0.2, 0) is 11.3 Å². The lowest BCUT2D eigenvalue weighted by molar-refractivity contribution is -0.117. The van der Waals surface area contributed by atoms with E-state index in [9.17, 15) is 9.59 Å². The summed E-state index contributed by atoms with van der Waals surface area (Å²) >= 11 is 1.53. The number of nitrogens with one attached hydrogen (secondary N) is 1. The maximum Gasteiger partial charge on any atom is 0.257 e. The zero-order valence-electron chi connectivity index (χ0n) is 15.8. The third-order valence-electron chi connectivity index (χ3n) is 4.05. The van der Waals surface area contributed by atoms with Gasteiger partial charge in [0, 0.05) is 5.56 Å². The van der Waals surface area contributed by atoms with E-state index in [1.165, 1.54) is 18.3 Å². The van der Waals surface area contributed by atoms with Gasteiger partial charge in [0.25, 0.3) is 5.89 Å². The third-order valence-corrected chi connectivity index (χ3v) is 4.90. The Morgan fingerprint density at radius 1 is 1.18 bits per heavy atom. The maximum absolute atomic E-state index is 12.5. The minimum absolute atomic E-state index is 0.0896. The molecule has 146 valence electrons. The van der Waals surface area contributed by atoms with Crippen molar-refractivity contribution in [1.29, 1.82) is 0 Å².